The van der Waals surface area contributed by atoms with Crippen LogP contribution in [0.4, 0.5) is 0 Å². The molecule has 0 aliphatic carbocycles. The molecule has 0 aromatic heterocycles. The van der Waals surface area contributed by atoms with E-state index in [0.717, 1.165) is 0 Å². The van der Waals surface area contributed by atoms with Crippen molar-refractivity contribution in [3.8, 4) is 0 Å². The van der Waals surface area contributed by atoms with E-state index < -0.39 is 18.7 Å². The summed E-state index contributed by atoms with van der Waals surface area (Å²) in [5.41, 5.74) is 0. The van der Waals surface area contributed by atoms with Crippen molar-refractivity contribution in [1.82, 2.24) is 0 Å². The van der Waals surface area contributed by atoms with Crippen molar-refractivity contribution in [3.63, 3.8) is 0 Å². The summed E-state index contributed by atoms with van der Waals surface area (Å²) in [5.74, 6) is -2.98. The van der Waals surface area contributed by atoms with Crippen LogP contribution in [0, 0.1) is 0 Å². The third-order valence-corrected chi connectivity index (χ3v) is 0.456. The third kappa shape index (κ3) is 5.80. The van der Waals surface area contributed by atoms with E-state index in [1.165, 1.54) is 0 Å². The minimum Gasteiger partial charge on any atom is -0.368 e. The fourth-order valence-electron chi connectivity index (χ4n) is 0.245. The van der Waals surface area contributed by atoms with Crippen LogP contribution in [0.2, 0.25) is 0 Å². The maximum Gasteiger partial charge on any atom is 0.280 e. The summed E-state index contributed by atoms with van der Waals surface area (Å²) in [6.07, 6.45) is -2.80. The summed E-state index contributed by atoms with van der Waals surface area (Å²) in [6.45, 7) is 0. The van der Waals surface area contributed by atoms with Gasteiger partial charge in [-0.25, -0.2) is 0 Å². The molecule has 0 bridgehead atoms. The molecule has 0 aliphatic heterocycles. The molecule has 5 nitrogen and oxygen atoms in total. The Morgan fingerprint density at radius 3 is 1.50 bits per heavy atom. The van der Waals surface area contributed by atoms with Crippen LogP contribution in [0.15, 0.2) is 0 Å². The highest BCUT2D eigenvalue weighted by molar-refractivity contribution is 4.46. The molecule has 0 heterocycles. The zero-order valence-corrected chi connectivity index (χ0v) is 4.02. The first kappa shape index (κ1) is 7.80. The molecule has 0 saturated heterocycles. The smallest absolute Gasteiger partial charge is 0.280 e. The lowest BCUT2D eigenvalue weighted by Crippen LogP contribution is -2.32. The largest absolute Gasteiger partial charge is 0.368 e. The van der Waals surface area contributed by atoms with E-state index in [-0.39, 0.29) is 0 Å². The normalized spacial score (nSPS) is 12.8. The Labute approximate surface area is 45.4 Å². The molecule has 8 heavy (non-hydrogen) atoms. The lowest BCUT2D eigenvalue weighted by molar-refractivity contribution is -0.333. The molecule has 0 amide bonds. The second kappa shape index (κ2) is 2.38. The molecule has 50 valence electrons. The Morgan fingerprint density at radius 1 is 1.12 bits per heavy atom. The van der Waals surface area contributed by atoms with Crippen LogP contribution >= 0.6 is 0 Å². The Hall–Kier alpha value is -0.200. The van der Waals surface area contributed by atoms with Gasteiger partial charge in [-0.15, -0.1) is 0 Å². The van der Waals surface area contributed by atoms with Gasteiger partial charge in [0.05, 0.1) is 6.42 Å². The Kier molecular flexibility index (Phi) is 2.32. The topological polar surface area (TPSA) is 101 Å². The minimum atomic E-state index is -2.98. The Balaban J connectivity index is 3.39. The SMILES string of the molecule is OC(O)CC(O)(O)O. The summed E-state index contributed by atoms with van der Waals surface area (Å²) < 4.78 is 0. The number of rotatable bonds is 2. The van der Waals surface area contributed by atoms with Crippen LogP contribution in [0.5, 0.6) is 0 Å². The molecule has 0 saturated carbocycles. The Morgan fingerprint density at radius 2 is 1.50 bits per heavy atom. The molecule has 0 atom stereocenters. The number of hydrogen-bond acceptors (Lipinski definition) is 5. The molecule has 0 radical (unpaired) electrons. The molecular weight excluding hydrogens is 116 g/mol. The lowest BCUT2D eigenvalue weighted by Gasteiger charge is -2.13. The van der Waals surface area contributed by atoms with E-state index in [1.54, 1.807) is 0 Å². The number of aliphatic hydroxyl groups excluding tert-OH is 1. The van der Waals surface area contributed by atoms with Gasteiger partial charge < -0.3 is 25.5 Å². The molecular formula is C3H8O5. The molecule has 5 heteroatoms. The van der Waals surface area contributed by atoms with Crippen molar-refractivity contribution in [1.29, 1.82) is 0 Å². The predicted octanol–water partition coefficient (Wildman–Crippen LogP) is -2.68. The zero-order chi connectivity index (χ0) is 6.78. The van der Waals surface area contributed by atoms with Crippen molar-refractivity contribution in [3.05, 3.63) is 0 Å². The molecule has 0 rings (SSSR count). The summed E-state index contributed by atoms with van der Waals surface area (Å²) in [4.78, 5) is 0. The molecule has 0 spiro atoms. The Bertz CT molecular complexity index is 62.6. The van der Waals surface area contributed by atoms with E-state index in [9.17, 15) is 0 Å². The molecule has 0 aliphatic rings. The van der Waals surface area contributed by atoms with Crippen molar-refractivity contribution in [2.24, 2.45) is 0 Å². The number of hydrogen-bond donors (Lipinski definition) is 5. The quantitative estimate of drug-likeness (QED) is 0.258. The fraction of sp³-hybridized carbons (Fsp3) is 1.00. The highest BCUT2D eigenvalue weighted by atomic mass is 16.7. The molecule has 0 unspecified atom stereocenters. The number of aliphatic hydroxyl groups is 5. The molecule has 0 aromatic rings. The average Bonchev–Trinajstić information content (AvgIpc) is 1.21. The van der Waals surface area contributed by atoms with Gasteiger partial charge in [0.15, 0.2) is 6.29 Å². The maximum atomic E-state index is 7.98. The van der Waals surface area contributed by atoms with Gasteiger partial charge in [-0.3, -0.25) is 0 Å². The average molecular weight is 124 g/mol. The monoisotopic (exact) mass is 124 g/mol. The van der Waals surface area contributed by atoms with Crippen LogP contribution in [0.25, 0.3) is 0 Å². The van der Waals surface area contributed by atoms with E-state index in [2.05, 4.69) is 0 Å². The van der Waals surface area contributed by atoms with Gasteiger partial charge in [-0.05, 0) is 0 Å². The fourth-order valence-corrected chi connectivity index (χ4v) is 0.245. The van der Waals surface area contributed by atoms with Crippen LogP contribution < -0.4 is 0 Å². The van der Waals surface area contributed by atoms with Crippen molar-refractivity contribution < 1.29 is 25.5 Å². The van der Waals surface area contributed by atoms with E-state index in [0.29, 0.717) is 0 Å². The summed E-state index contributed by atoms with van der Waals surface area (Å²) in [6, 6.07) is 0. The lowest BCUT2D eigenvalue weighted by atomic mass is 10.4. The van der Waals surface area contributed by atoms with E-state index in [4.69, 9.17) is 25.5 Å². The van der Waals surface area contributed by atoms with Gasteiger partial charge in [0.25, 0.3) is 5.97 Å². The van der Waals surface area contributed by atoms with Gasteiger partial charge in [-0.2, -0.15) is 0 Å². The first-order chi connectivity index (χ1) is 3.42. The highest BCUT2D eigenvalue weighted by Gasteiger charge is 2.21. The molecule has 5 N–H and O–H groups in total. The van der Waals surface area contributed by atoms with E-state index in [1.807, 2.05) is 0 Å². The van der Waals surface area contributed by atoms with Crippen molar-refractivity contribution in [2.45, 2.75) is 18.7 Å². The summed E-state index contributed by atoms with van der Waals surface area (Å²) >= 11 is 0. The first-order valence-electron chi connectivity index (χ1n) is 1.95. The van der Waals surface area contributed by atoms with Gasteiger partial charge in [-0.1, -0.05) is 0 Å². The second-order valence-corrected chi connectivity index (χ2v) is 1.46. The highest BCUT2D eigenvalue weighted by Crippen LogP contribution is 2.01. The standard InChI is InChI=1S/C3H8O5/c4-2(5)1-3(6,7)8/h2,4-8H,1H2. The minimum absolute atomic E-state index is 0.896. The van der Waals surface area contributed by atoms with Gasteiger partial charge in [0.1, 0.15) is 0 Å². The molecule has 0 aromatic carbocycles. The third-order valence-electron chi connectivity index (χ3n) is 0.456. The summed E-state index contributed by atoms with van der Waals surface area (Å²) in [7, 11) is 0. The van der Waals surface area contributed by atoms with Crippen LogP contribution in [0.1, 0.15) is 6.42 Å². The van der Waals surface area contributed by atoms with E-state index >= 15 is 0 Å². The predicted molar refractivity (Wildman–Crippen MR) is 22.2 cm³/mol. The molecule has 0 fully saturated rings. The summed E-state index contributed by atoms with van der Waals surface area (Å²) in [5, 5.41) is 39.9. The van der Waals surface area contributed by atoms with Crippen LogP contribution in [-0.4, -0.2) is 37.8 Å². The van der Waals surface area contributed by atoms with Gasteiger partial charge in [0, 0.05) is 0 Å². The van der Waals surface area contributed by atoms with Gasteiger partial charge >= 0.3 is 0 Å². The van der Waals surface area contributed by atoms with Crippen LogP contribution in [-0.2, 0) is 0 Å². The van der Waals surface area contributed by atoms with Crippen molar-refractivity contribution >= 4 is 0 Å². The van der Waals surface area contributed by atoms with Crippen LogP contribution in [0.3, 0.4) is 0 Å². The van der Waals surface area contributed by atoms with Crippen molar-refractivity contribution in [2.75, 3.05) is 0 Å². The van der Waals surface area contributed by atoms with Gasteiger partial charge in [0.2, 0.25) is 0 Å². The maximum absolute atomic E-state index is 7.98. The second-order valence-electron chi connectivity index (χ2n) is 1.46. The first-order valence-corrected chi connectivity index (χ1v) is 1.95. The zero-order valence-electron chi connectivity index (χ0n) is 4.02.